The van der Waals surface area contributed by atoms with E-state index in [0.717, 1.165) is 6.54 Å². The molecule has 2 amide bonds. The van der Waals surface area contributed by atoms with Gasteiger partial charge < -0.3 is 21.1 Å². The Balaban J connectivity index is 2.25. The van der Waals surface area contributed by atoms with E-state index < -0.39 is 5.91 Å². The van der Waals surface area contributed by atoms with Crippen LogP contribution in [0.2, 0.25) is 0 Å². The molecule has 0 unspecified atom stereocenters. The van der Waals surface area contributed by atoms with Gasteiger partial charge in [-0.25, -0.2) is 0 Å². The molecule has 18 heavy (non-hydrogen) atoms. The summed E-state index contributed by atoms with van der Waals surface area (Å²) in [7, 11) is 1.64. The molecular formula is C11H17N3O3S. The van der Waals surface area contributed by atoms with Crippen LogP contribution in [0.15, 0.2) is 11.4 Å². The number of primary amides is 1. The van der Waals surface area contributed by atoms with Crippen LogP contribution in [0.1, 0.15) is 20.0 Å². The zero-order chi connectivity index (χ0) is 13.4. The third kappa shape index (κ3) is 4.82. The highest BCUT2D eigenvalue weighted by Gasteiger charge is 2.10. The fourth-order valence-corrected chi connectivity index (χ4v) is 2.05. The first-order valence-corrected chi connectivity index (χ1v) is 6.39. The molecule has 0 saturated heterocycles. The number of hydrogen-bond acceptors (Lipinski definition) is 5. The maximum absolute atomic E-state index is 11.7. The molecule has 0 atom stereocenters. The minimum absolute atomic E-state index is 0.193. The molecule has 0 aliphatic heterocycles. The smallest absolute Gasteiger partial charge is 0.261 e. The molecule has 0 aliphatic carbocycles. The van der Waals surface area contributed by atoms with Gasteiger partial charge in [0, 0.05) is 32.1 Å². The quantitative estimate of drug-likeness (QED) is 0.571. The lowest BCUT2D eigenvalue weighted by molar-refractivity contribution is 0.0957. The Labute approximate surface area is 110 Å². The van der Waals surface area contributed by atoms with Crippen LogP contribution in [-0.2, 0) is 4.74 Å². The van der Waals surface area contributed by atoms with Gasteiger partial charge in [-0.15, -0.1) is 11.3 Å². The van der Waals surface area contributed by atoms with Gasteiger partial charge in [0.15, 0.2) is 0 Å². The van der Waals surface area contributed by atoms with Crippen molar-refractivity contribution in [3.63, 3.8) is 0 Å². The second kappa shape index (κ2) is 7.80. The summed E-state index contributed by atoms with van der Waals surface area (Å²) in [5.74, 6) is -0.715. The van der Waals surface area contributed by atoms with Crippen molar-refractivity contribution in [2.45, 2.75) is 0 Å². The molecule has 100 valence electrons. The Morgan fingerprint density at radius 2 is 2.17 bits per heavy atom. The molecule has 0 aromatic carbocycles. The van der Waals surface area contributed by atoms with Crippen LogP contribution in [0.4, 0.5) is 0 Å². The van der Waals surface area contributed by atoms with E-state index in [9.17, 15) is 9.59 Å². The van der Waals surface area contributed by atoms with E-state index in [1.165, 1.54) is 17.4 Å². The van der Waals surface area contributed by atoms with Crippen LogP contribution in [0.25, 0.3) is 0 Å². The second-order valence-corrected chi connectivity index (χ2v) is 4.47. The highest BCUT2D eigenvalue weighted by molar-refractivity contribution is 7.12. The number of carbonyl (C=O) groups is 2. The Kier molecular flexibility index (Phi) is 6.34. The summed E-state index contributed by atoms with van der Waals surface area (Å²) in [4.78, 5) is 23.0. The van der Waals surface area contributed by atoms with Crippen LogP contribution in [0.5, 0.6) is 0 Å². The number of carbonyl (C=O) groups excluding carboxylic acids is 2. The van der Waals surface area contributed by atoms with E-state index in [-0.39, 0.29) is 5.91 Å². The third-order valence-corrected chi connectivity index (χ3v) is 3.11. The summed E-state index contributed by atoms with van der Waals surface area (Å²) in [5.41, 5.74) is 5.47. The standard InChI is InChI=1S/C11H17N3O3S/c1-17-5-4-13-2-3-14-11(16)9-6-8(7-18-9)10(12)15/h6-7,13H,2-5H2,1H3,(H2,12,15)(H,14,16). The SMILES string of the molecule is COCCNCCNC(=O)c1cc(C(N)=O)cs1. The van der Waals surface area contributed by atoms with Gasteiger partial charge in [0.05, 0.1) is 17.0 Å². The maximum atomic E-state index is 11.7. The normalized spacial score (nSPS) is 10.3. The fraction of sp³-hybridized carbons (Fsp3) is 0.455. The van der Waals surface area contributed by atoms with Gasteiger partial charge in [0.25, 0.3) is 5.91 Å². The molecule has 0 saturated carbocycles. The number of hydrogen-bond donors (Lipinski definition) is 3. The number of rotatable bonds is 8. The first-order chi connectivity index (χ1) is 8.65. The van der Waals surface area contributed by atoms with Gasteiger partial charge >= 0.3 is 0 Å². The predicted octanol–water partition coefficient (Wildman–Crippen LogP) is -0.187. The highest BCUT2D eigenvalue weighted by Crippen LogP contribution is 2.13. The van der Waals surface area contributed by atoms with Crippen LogP contribution in [-0.4, -0.2) is 45.2 Å². The number of amides is 2. The number of nitrogens with two attached hydrogens (primary N) is 1. The first kappa shape index (κ1) is 14.6. The Morgan fingerprint density at radius 3 is 2.78 bits per heavy atom. The van der Waals surface area contributed by atoms with Gasteiger partial charge in [-0.1, -0.05) is 0 Å². The Bertz CT molecular complexity index is 406. The molecule has 0 radical (unpaired) electrons. The summed E-state index contributed by atoms with van der Waals surface area (Å²) in [6, 6.07) is 1.50. The average molecular weight is 271 g/mol. The predicted molar refractivity (Wildman–Crippen MR) is 69.9 cm³/mol. The molecule has 1 heterocycles. The van der Waals surface area contributed by atoms with Gasteiger partial charge in [-0.3, -0.25) is 9.59 Å². The van der Waals surface area contributed by atoms with E-state index in [0.29, 0.717) is 30.1 Å². The van der Waals surface area contributed by atoms with E-state index in [2.05, 4.69) is 10.6 Å². The van der Waals surface area contributed by atoms with Crippen molar-refractivity contribution in [2.75, 3.05) is 33.4 Å². The monoisotopic (exact) mass is 271 g/mol. The molecule has 0 spiro atoms. The zero-order valence-corrected chi connectivity index (χ0v) is 11.0. The summed E-state index contributed by atoms with van der Waals surface area (Å²) < 4.78 is 4.87. The third-order valence-electron chi connectivity index (χ3n) is 2.18. The van der Waals surface area contributed by atoms with Crippen molar-refractivity contribution < 1.29 is 14.3 Å². The lowest BCUT2D eigenvalue weighted by Gasteiger charge is -2.05. The van der Waals surface area contributed by atoms with Crippen molar-refractivity contribution in [1.29, 1.82) is 0 Å². The molecule has 1 aromatic heterocycles. The minimum Gasteiger partial charge on any atom is -0.383 e. The Hall–Kier alpha value is -1.44. The van der Waals surface area contributed by atoms with Crippen molar-refractivity contribution in [3.8, 4) is 0 Å². The van der Waals surface area contributed by atoms with Gasteiger partial charge in [-0.05, 0) is 6.07 Å². The fourth-order valence-electron chi connectivity index (χ4n) is 1.24. The van der Waals surface area contributed by atoms with E-state index in [1.54, 1.807) is 12.5 Å². The molecule has 7 heteroatoms. The van der Waals surface area contributed by atoms with Crippen molar-refractivity contribution in [2.24, 2.45) is 5.73 Å². The van der Waals surface area contributed by atoms with Crippen LogP contribution in [0.3, 0.4) is 0 Å². The maximum Gasteiger partial charge on any atom is 0.261 e. The zero-order valence-electron chi connectivity index (χ0n) is 10.2. The molecule has 6 nitrogen and oxygen atoms in total. The van der Waals surface area contributed by atoms with Gasteiger partial charge in [0.2, 0.25) is 5.91 Å². The minimum atomic E-state index is -0.522. The molecule has 0 fully saturated rings. The first-order valence-electron chi connectivity index (χ1n) is 5.51. The van der Waals surface area contributed by atoms with Crippen LogP contribution in [0, 0.1) is 0 Å². The average Bonchev–Trinajstić information content (AvgIpc) is 2.83. The molecule has 1 aromatic rings. The van der Waals surface area contributed by atoms with Crippen molar-refractivity contribution in [1.82, 2.24) is 10.6 Å². The lowest BCUT2D eigenvalue weighted by Crippen LogP contribution is -2.32. The number of ether oxygens (including phenoxy) is 1. The summed E-state index contributed by atoms with van der Waals surface area (Å²) in [6.45, 7) is 2.58. The number of nitrogens with one attached hydrogen (secondary N) is 2. The number of methoxy groups -OCH3 is 1. The molecular weight excluding hydrogens is 254 g/mol. The largest absolute Gasteiger partial charge is 0.383 e. The number of thiophene rings is 1. The van der Waals surface area contributed by atoms with Crippen molar-refractivity contribution >= 4 is 23.2 Å². The summed E-state index contributed by atoms with van der Waals surface area (Å²) in [5, 5.41) is 7.43. The molecule has 4 N–H and O–H groups in total. The summed E-state index contributed by atoms with van der Waals surface area (Å²) in [6.07, 6.45) is 0. The van der Waals surface area contributed by atoms with E-state index in [1.807, 2.05) is 0 Å². The van der Waals surface area contributed by atoms with Crippen molar-refractivity contribution in [3.05, 3.63) is 21.9 Å². The van der Waals surface area contributed by atoms with Crippen LogP contribution < -0.4 is 16.4 Å². The van der Waals surface area contributed by atoms with E-state index >= 15 is 0 Å². The van der Waals surface area contributed by atoms with Gasteiger partial charge in [-0.2, -0.15) is 0 Å². The Morgan fingerprint density at radius 1 is 1.39 bits per heavy atom. The van der Waals surface area contributed by atoms with Crippen LogP contribution >= 0.6 is 11.3 Å². The molecule has 1 rings (SSSR count). The molecule has 0 aliphatic rings. The molecule has 0 bridgehead atoms. The second-order valence-electron chi connectivity index (χ2n) is 3.56. The van der Waals surface area contributed by atoms with E-state index in [4.69, 9.17) is 10.5 Å². The lowest BCUT2D eigenvalue weighted by atomic mass is 10.3. The summed E-state index contributed by atoms with van der Waals surface area (Å²) >= 11 is 1.20. The van der Waals surface area contributed by atoms with Gasteiger partial charge in [0.1, 0.15) is 0 Å². The topological polar surface area (TPSA) is 93.4 Å². The highest BCUT2D eigenvalue weighted by atomic mass is 32.1.